The zero-order valence-electron chi connectivity index (χ0n) is 11.0. The molecule has 5 heteroatoms. The van der Waals surface area contributed by atoms with Gasteiger partial charge in [-0.2, -0.15) is 0 Å². The summed E-state index contributed by atoms with van der Waals surface area (Å²) in [4.78, 5) is 14.5. The Morgan fingerprint density at radius 3 is 2.74 bits per heavy atom. The van der Waals surface area contributed by atoms with Gasteiger partial charge in [0.1, 0.15) is 31.6 Å². The molecule has 2 aromatic rings. The van der Waals surface area contributed by atoms with Crippen molar-refractivity contribution in [3.05, 3.63) is 29.7 Å². The van der Waals surface area contributed by atoms with Crippen LogP contribution in [0.15, 0.2) is 24.5 Å². The number of rotatable bonds is 2. The molecule has 0 spiro atoms. The molecular weight excluding hydrogens is 262 g/mol. The van der Waals surface area contributed by atoms with E-state index in [1.54, 1.807) is 0 Å². The second-order valence-electron chi connectivity index (χ2n) is 5.21. The molecule has 2 heterocycles. The molecular formula is C14H17ClN3O+. The third-order valence-electron chi connectivity index (χ3n) is 3.66. The highest BCUT2D eigenvalue weighted by atomic mass is 35.5. The van der Waals surface area contributed by atoms with Crippen LogP contribution in [-0.2, 0) is 0 Å². The first kappa shape index (κ1) is 12.6. The van der Waals surface area contributed by atoms with E-state index < -0.39 is 0 Å². The number of quaternary nitrogens is 1. The number of halogens is 1. The van der Waals surface area contributed by atoms with Gasteiger partial charge in [0.05, 0.1) is 10.9 Å². The highest BCUT2D eigenvalue weighted by Gasteiger charge is 2.29. The zero-order chi connectivity index (χ0) is 13.3. The van der Waals surface area contributed by atoms with Crippen LogP contribution in [0, 0.1) is 0 Å². The van der Waals surface area contributed by atoms with Gasteiger partial charge in [0, 0.05) is 12.8 Å². The summed E-state index contributed by atoms with van der Waals surface area (Å²) in [5.74, 6) is 0.771. The van der Waals surface area contributed by atoms with Crippen LogP contribution >= 0.6 is 11.6 Å². The molecule has 0 atom stereocenters. The minimum atomic E-state index is 0.448. The maximum Gasteiger partial charge on any atom is 0.202 e. The number of nitrogens with zero attached hydrogens (tertiary/aromatic N) is 3. The maximum absolute atomic E-state index is 6.21. The third kappa shape index (κ3) is 2.51. The Labute approximate surface area is 117 Å². The predicted molar refractivity (Wildman–Crippen MR) is 74.9 cm³/mol. The summed E-state index contributed by atoms with van der Waals surface area (Å²) in [6.07, 6.45) is 5.17. The van der Waals surface area contributed by atoms with Crippen LogP contribution in [0.1, 0.15) is 19.3 Å². The Kier molecular flexibility index (Phi) is 3.29. The van der Waals surface area contributed by atoms with Crippen molar-refractivity contribution in [1.29, 1.82) is 0 Å². The Balaban J connectivity index is 2.01. The Morgan fingerprint density at radius 2 is 1.95 bits per heavy atom. The predicted octanol–water partition coefficient (Wildman–Crippen LogP) is 3.21. The Hall–Kier alpha value is -1.39. The van der Waals surface area contributed by atoms with Crippen molar-refractivity contribution in [3.8, 4) is 5.75 Å². The fourth-order valence-corrected chi connectivity index (χ4v) is 2.86. The highest BCUT2D eigenvalue weighted by Crippen LogP contribution is 2.31. The van der Waals surface area contributed by atoms with E-state index in [2.05, 4.69) is 17.0 Å². The van der Waals surface area contributed by atoms with E-state index in [-0.39, 0.29) is 0 Å². The van der Waals surface area contributed by atoms with E-state index in [1.165, 1.54) is 25.6 Å². The van der Waals surface area contributed by atoms with Gasteiger partial charge in [-0.15, -0.1) is 4.65 Å². The standard InChI is InChI=1S/C14H17ClN3O/c1-18(8-3-2-4-9-18)19-12-7-5-6-11-13(12)14(15)17-10-16-11/h5-7,10H,2-4,8-9H2,1H3/q+1. The maximum atomic E-state index is 6.21. The second kappa shape index (κ2) is 4.94. The summed E-state index contributed by atoms with van der Waals surface area (Å²) in [7, 11) is 2.12. The molecule has 0 radical (unpaired) electrons. The van der Waals surface area contributed by atoms with Crippen LogP contribution in [-0.4, -0.2) is 34.8 Å². The molecule has 0 saturated carbocycles. The first-order valence-electron chi connectivity index (χ1n) is 6.61. The lowest BCUT2D eigenvalue weighted by atomic mass is 10.1. The largest absolute Gasteiger partial charge is 0.315 e. The summed E-state index contributed by atoms with van der Waals surface area (Å²) in [5.41, 5.74) is 0.820. The van der Waals surface area contributed by atoms with Crippen LogP contribution in [0.2, 0.25) is 5.15 Å². The Morgan fingerprint density at radius 1 is 1.16 bits per heavy atom. The summed E-state index contributed by atoms with van der Waals surface area (Å²) >= 11 is 6.19. The van der Waals surface area contributed by atoms with Crippen molar-refractivity contribution >= 4 is 22.5 Å². The zero-order valence-corrected chi connectivity index (χ0v) is 11.7. The Bertz CT molecular complexity index is 591. The van der Waals surface area contributed by atoms with Crippen LogP contribution in [0.25, 0.3) is 10.9 Å². The number of hydrogen-bond donors (Lipinski definition) is 0. The van der Waals surface area contributed by atoms with E-state index in [9.17, 15) is 0 Å². The summed E-state index contributed by atoms with van der Waals surface area (Å²) in [5, 5.41) is 1.25. The molecule has 0 unspecified atom stereocenters. The van der Waals surface area contributed by atoms with E-state index in [4.69, 9.17) is 16.4 Å². The monoisotopic (exact) mass is 278 g/mol. The molecule has 0 bridgehead atoms. The molecule has 0 aliphatic carbocycles. The number of hydrogen-bond acceptors (Lipinski definition) is 3. The lowest BCUT2D eigenvalue weighted by Crippen LogP contribution is -2.50. The normalized spacial score (nSPS) is 18.4. The van der Waals surface area contributed by atoms with Gasteiger partial charge in [0.15, 0.2) is 0 Å². The molecule has 1 aliphatic heterocycles. The third-order valence-corrected chi connectivity index (χ3v) is 3.95. The molecule has 1 saturated heterocycles. The number of likely N-dealkylation sites (tertiary alicyclic amines) is 1. The van der Waals surface area contributed by atoms with E-state index in [0.717, 1.165) is 29.7 Å². The van der Waals surface area contributed by atoms with Gasteiger partial charge in [-0.3, -0.25) is 0 Å². The molecule has 0 N–H and O–H groups in total. The highest BCUT2D eigenvalue weighted by molar-refractivity contribution is 6.34. The second-order valence-corrected chi connectivity index (χ2v) is 5.57. The fraction of sp³-hybridized carbons (Fsp3) is 0.429. The van der Waals surface area contributed by atoms with Crippen molar-refractivity contribution in [2.45, 2.75) is 19.3 Å². The molecule has 1 fully saturated rings. The van der Waals surface area contributed by atoms with Crippen molar-refractivity contribution in [1.82, 2.24) is 9.97 Å². The first-order chi connectivity index (χ1) is 9.18. The number of piperidine rings is 1. The molecule has 4 nitrogen and oxygen atoms in total. The molecule has 19 heavy (non-hydrogen) atoms. The minimum Gasteiger partial charge on any atom is -0.315 e. The van der Waals surface area contributed by atoms with Crippen LogP contribution < -0.4 is 4.84 Å². The lowest BCUT2D eigenvalue weighted by molar-refractivity contribution is -1.07. The van der Waals surface area contributed by atoms with Crippen molar-refractivity contribution in [2.75, 3.05) is 20.1 Å². The van der Waals surface area contributed by atoms with Crippen molar-refractivity contribution < 1.29 is 9.48 Å². The summed E-state index contributed by atoms with van der Waals surface area (Å²) in [6, 6.07) is 5.80. The van der Waals surface area contributed by atoms with Crippen LogP contribution in [0.5, 0.6) is 5.75 Å². The molecule has 3 rings (SSSR count). The van der Waals surface area contributed by atoms with Gasteiger partial charge >= 0.3 is 0 Å². The topological polar surface area (TPSA) is 35.0 Å². The van der Waals surface area contributed by atoms with E-state index in [0.29, 0.717) is 9.80 Å². The van der Waals surface area contributed by atoms with Gasteiger partial charge in [-0.25, -0.2) is 9.97 Å². The quantitative estimate of drug-likeness (QED) is 0.625. The van der Waals surface area contributed by atoms with Crippen molar-refractivity contribution in [2.24, 2.45) is 0 Å². The van der Waals surface area contributed by atoms with E-state index >= 15 is 0 Å². The fourth-order valence-electron chi connectivity index (χ4n) is 2.63. The minimum absolute atomic E-state index is 0.448. The lowest BCUT2D eigenvalue weighted by Gasteiger charge is -2.34. The number of aromatic nitrogens is 2. The molecule has 1 aromatic carbocycles. The van der Waals surface area contributed by atoms with Crippen LogP contribution in [0.3, 0.4) is 0 Å². The van der Waals surface area contributed by atoms with Crippen LogP contribution in [0.4, 0.5) is 0 Å². The SMILES string of the molecule is C[N+]1(Oc2cccc3ncnc(Cl)c23)CCCCC1. The first-order valence-corrected chi connectivity index (χ1v) is 6.99. The summed E-state index contributed by atoms with van der Waals surface area (Å²) < 4.78 is 0.602. The molecule has 100 valence electrons. The average Bonchev–Trinajstić information content (AvgIpc) is 2.39. The van der Waals surface area contributed by atoms with E-state index in [1.807, 2.05) is 18.2 Å². The molecule has 0 amide bonds. The number of hydroxylamine groups is 3. The number of fused-ring (bicyclic) bond motifs is 1. The van der Waals surface area contributed by atoms with Crippen molar-refractivity contribution in [3.63, 3.8) is 0 Å². The van der Waals surface area contributed by atoms with Gasteiger partial charge in [0.2, 0.25) is 5.75 Å². The van der Waals surface area contributed by atoms with Gasteiger partial charge in [-0.05, 0) is 18.6 Å². The average molecular weight is 279 g/mol. The smallest absolute Gasteiger partial charge is 0.202 e. The molecule has 1 aliphatic rings. The van der Waals surface area contributed by atoms with Gasteiger partial charge < -0.3 is 4.84 Å². The summed E-state index contributed by atoms with van der Waals surface area (Å²) in [6.45, 7) is 2.06. The van der Waals surface area contributed by atoms with Gasteiger partial charge in [-0.1, -0.05) is 17.7 Å². The molecule has 1 aromatic heterocycles. The number of benzene rings is 1. The van der Waals surface area contributed by atoms with Gasteiger partial charge in [0.25, 0.3) is 0 Å².